The molecule has 0 bridgehead atoms. The Morgan fingerprint density at radius 1 is 1.21 bits per heavy atom. The molecule has 0 atom stereocenters. The highest BCUT2D eigenvalue weighted by Crippen LogP contribution is 2.38. The number of halogens is 2. The van der Waals surface area contributed by atoms with Gasteiger partial charge in [-0.15, -0.1) is 6.42 Å². The number of hydrogen-bond donors (Lipinski definition) is 0. The summed E-state index contributed by atoms with van der Waals surface area (Å²) in [5.41, 5.74) is 1.77. The van der Waals surface area contributed by atoms with Crippen LogP contribution < -0.4 is 4.74 Å². The SMILES string of the molecule is C#CCOc1c(Br)cc(/C=C2/SC(=O)N(Cc3ccccc3C#N)C2=O)cc1Br. The van der Waals surface area contributed by atoms with Gasteiger partial charge in [-0.05, 0) is 79.0 Å². The molecule has 8 heteroatoms. The molecule has 0 aromatic heterocycles. The van der Waals surface area contributed by atoms with Crippen LogP contribution in [-0.4, -0.2) is 22.7 Å². The number of carbonyl (C=O) groups excluding carboxylic acids is 2. The molecule has 1 saturated heterocycles. The first-order chi connectivity index (χ1) is 13.9. The minimum absolute atomic E-state index is 0.0536. The molecule has 0 unspecified atom stereocenters. The molecule has 3 rings (SSSR count). The maximum atomic E-state index is 12.8. The maximum Gasteiger partial charge on any atom is 0.293 e. The second-order valence-electron chi connectivity index (χ2n) is 5.84. The zero-order valence-corrected chi connectivity index (χ0v) is 18.8. The van der Waals surface area contributed by atoms with Crippen molar-refractivity contribution in [3.8, 4) is 24.2 Å². The summed E-state index contributed by atoms with van der Waals surface area (Å²) >= 11 is 7.71. The summed E-state index contributed by atoms with van der Waals surface area (Å²) in [5.74, 6) is 2.56. The summed E-state index contributed by atoms with van der Waals surface area (Å²) in [6.45, 7) is 0.178. The third-order valence-corrected chi connectivity index (χ3v) is 6.04. The quantitative estimate of drug-likeness (QED) is 0.385. The summed E-state index contributed by atoms with van der Waals surface area (Å²) in [5, 5.41) is 8.84. The highest BCUT2D eigenvalue weighted by molar-refractivity contribution is 9.11. The smallest absolute Gasteiger partial charge is 0.293 e. The second-order valence-corrected chi connectivity index (χ2v) is 8.55. The molecule has 1 aliphatic heterocycles. The zero-order chi connectivity index (χ0) is 21.0. The number of imide groups is 1. The molecule has 0 saturated carbocycles. The lowest BCUT2D eigenvalue weighted by molar-refractivity contribution is -0.123. The number of carbonyl (C=O) groups is 2. The van der Waals surface area contributed by atoms with Gasteiger partial charge in [0.05, 0.1) is 32.0 Å². The van der Waals surface area contributed by atoms with Gasteiger partial charge in [-0.25, -0.2) is 0 Å². The molecule has 2 amide bonds. The van der Waals surface area contributed by atoms with Crippen molar-refractivity contribution < 1.29 is 14.3 Å². The molecule has 1 aliphatic rings. The van der Waals surface area contributed by atoms with Gasteiger partial charge in [0.2, 0.25) is 0 Å². The minimum Gasteiger partial charge on any atom is -0.479 e. The minimum atomic E-state index is -0.396. The number of terminal acetylenes is 1. The van der Waals surface area contributed by atoms with E-state index in [2.05, 4.69) is 43.8 Å². The lowest BCUT2D eigenvalue weighted by Crippen LogP contribution is -2.27. The predicted octanol–water partition coefficient (Wildman–Crippen LogP) is 5.33. The molecule has 0 spiro atoms. The lowest BCUT2D eigenvalue weighted by atomic mass is 10.1. The molecule has 2 aromatic carbocycles. The first-order valence-corrected chi connectivity index (χ1v) is 10.6. The van der Waals surface area contributed by atoms with Gasteiger partial charge >= 0.3 is 0 Å². The van der Waals surface area contributed by atoms with Crippen LogP contribution in [0.3, 0.4) is 0 Å². The lowest BCUT2D eigenvalue weighted by Gasteiger charge is -2.13. The third-order valence-electron chi connectivity index (χ3n) is 3.96. The number of hydrogen-bond acceptors (Lipinski definition) is 5. The number of benzene rings is 2. The average molecular weight is 532 g/mol. The fraction of sp³-hybridized carbons (Fsp3) is 0.0952. The van der Waals surface area contributed by atoms with Crippen molar-refractivity contribution in [2.75, 3.05) is 6.61 Å². The van der Waals surface area contributed by atoms with Gasteiger partial charge < -0.3 is 4.74 Å². The number of rotatable bonds is 5. The standard InChI is InChI=1S/C21H12Br2N2O3S/c1-2-7-28-19-16(22)8-13(9-17(19)23)10-18-20(26)25(21(27)29-18)12-15-6-4-3-5-14(15)11-24/h1,3-6,8-10H,7,12H2/b18-10+. The highest BCUT2D eigenvalue weighted by atomic mass is 79.9. The average Bonchev–Trinajstić information content (AvgIpc) is 2.95. The Bertz CT molecular complexity index is 1090. The predicted molar refractivity (Wildman–Crippen MR) is 119 cm³/mol. The van der Waals surface area contributed by atoms with E-state index in [1.54, 1.807) is 42.5 Å². The van der Waals surface area contributed by atoms with Gasteiger partial charge in [-0.2, -0.15) is 5.26 Å². The Balaban J connectivity index is 1.85. The molecular weight excluding hydrogens is 520 g/mol. The molecule has 29 heavy (non-hydrogen) atoms. The maximum absolute atomic E-state index is 12.8. The van der Waals surface area contributed by atoms with Crippen molar-refractivity contribution in [2.45, 2.75) is 6.54 Å². The Labute approximate surface area is 189 Å². The first-order valence-electron chi connectivity index (χ1n) is 8.23. The Morgan fingerprint density at radius 2 is 1.90 bits per heavy atom. The van der Waals surface area contributed by atoms with Crippen molar-refractivity contribution in [3.05, 3.63) is 66.9 Å². The molecule has 1 fully saturated rings. The summed E-state index contributed by atoms with van der Waals surface area (Å²) in [6.07, 6.45) is 6.86. The van der Waals surface area contributed by atoms with E-state index < -0.39 is 5.91 Å². The number of ether oxygens (including phenoxy) is 1. The first kappa shape index (κ1) is 21.2. The van der Waals surface area contributed by atoms with Crippen LogP contribution in [0.15, 0.2) is 50.2 Å². The van der Waals surface area contributed by atoms with Crippen LogP contribution in [0.1, 0.15) is 16.7 Å². The van der Waals surface area contributed by atoms with E-state index in [0.717, 1.165) is 16.7 Å². The van der Waals surface area contributed by atoms with Gasteiger partial charge in [0.1, 0.15) is 12.4 Å². The van der Waals surface area contributed by atoms with Crippen LogP contribution in [0.5, 0.6) is 5.75 Å². The van der Waals surface area contributed by atoms with Gasteiger partial charge in [-0.1, -0.05) is 24.1 Å². The number of amides is 2. The van der Waals surface area contributed by atoms with Crippen LogP contribution >= 0.6 is 43.6 Å². The van der Waals surface area contributed by atoms with Crippen molar-refractivity contribution in [1.29, 1.82) is 5.26 Å². The van der Waals surface area contributed by atoms with Crippen molar-refractivity contribution >= 4 is 60.8 Å². The van der Waals surface area contributed by atoms with E-state index >= 15 is 0 Å². The number of nitriles is 1. The van der Waals surface area contributed by atoms with Crippen LogP contribution in [-0.2, 0) is 11.3 Å². The van der Waals surface area contributed by atoms with Gasteiger partial charge in [0, 0.05) is 0 Å². The van der Waals surface area contributed by atoms with Gasteiger partial charge in [0.15, 0.2) is 0 Å². The largest absolute Gasteiger partial charge is 0.479 e. The molecule has 0 N–H and O–H groups in total. The molecule has 0 aliphatic carbocycles. The van der Waals surface area contributed by atoms with Gasteiger partial charge in [0.25, 0.3) is 11.1 Å². The molecule has 0 radical (unpaired) electrons. The highest BCUT2D eigenvalue weighted by Gasteiger charge is 2.35. The van der Waals surface area contributed by atoms with Crippen LogP contribution in [0.4, 0.5) is 4.79 Å². The zero-order valence-electron chi connectivity index (χ0n) is 14.8. The summed E-state index contributed by atoms with van der Waals surface area (Å²) in [4.78, 5) is 26.6. The Morgan fingerprint density at radius 3 is 2.55 bits per heavy atom. The second kappa shape index (κ2) is 9.32. The molecule has 144 valence electrons. The molecular formula is C21H12Br2N2O3S. The third kappa shape index (κ3) is 4.73. The van der Waals surface area contributed by atoms with E-state index in [-0.39, 0.29) is 18.4 Å². The molecule has 5 nitrogen and oxygen atoms in total. The van der Waals surface area contributed by atoms with E-state index in [1.807, 2.05) is 0 Å². The van der Waals surface area contributed by atoms with Crippen molar-refractivity contribution in [3.63, 3.8) is 0 Å². The number of nitrogens with zero attached hydrogens (tertiary/aromatic N) is 2. The summed E-state index contributed by atoms with van der Waals surface area (Å²) in [6, 6.07) is 12.5. The summed E-state index contributed by atoms with van der Waals surface area (Å²) < 4.78 is 6.80. The Kier molecular flexibility index (Phi) is 6.81. The fourth-order valence-corrected chi connectivity index (χ4v) is 4.93. The normalized spacial score (nSPS) is 14.8. The fourth-order valence-electron chi connectivity index (χ4n) is 2.64. The van der Waals surface area contributed by atoms with E-state index in [4.69, 9.17) is 11.2 Å². The molecule has 1 heterocycles. The van der Waals surface area contributed by atoms with Crippen molar-refractivity contribution in [2.24, 2.45) is 0 Å². The van der Waals surface area contributed by atoms with Crippen molar-refractivity contribution in [1.82, 2.24) is 4.90 Å². The topological polar surface area (TPSA) is 70.4 Å². The molecule has 2 aromatic rings. The van der Waals surface area contributed by atoms with E-state index in [9.17, 15) is 14.9 Å². The van der Waals surface area contributed by atoms with Gasteiger partial charge in [-0.3, -0.25) is 14.5 Å². The van der Waals surface area contributed by atoms with Crippen LogP contribution in [0.2, 0.25) is 0 Å². The van der Waals surface area contributed by atoms with E-state index in [1.165, 1.54) is 0 Å². The Hall–Kier alpha value is -2.52. The summed E-state index contributed by atoms with van der Waals surface area (Å²) in [7, 11) is 0. The van der Waals surface area contributed by atoms with Crippen LogP contribution in [0, 0.1) is 23.7 Å². The van der Waals surface area contributed by atoms with Crippen LogP contribution in [0.25, 0.3) is 6.08 Å². The monoisotopic (exact) mass is 530 g/mol. The number of thioether (sulfide) groups is 1. The van der Waals surface area contributed by atoms with E-state index in [0.29, 0.717) is 36.3 Å².